The normalized spacial score (nSPS) is 19.2. The Bertz CT molecular complexity index is 689. The van der Waals surface area contributed by atoms with Gasteiger partial charge in [0.05, 0.1) is 11.5 Å². The van der Waals surface area contributed by atoms with Gasteiger partial charge in [0.2, 0.25) is 0 Å². The third kappa shape index (κ3) is 4.91. The maximum absolute atomic E-state index is 11.8. The minimum atomic E-state index is -2.95. The van der Waals surface area contributed by atoms with Crippen LogP contribution in [-0.4, -0.2) is 56.2 Å². The fraction of sp³-hybridized carbons (Fsp3) is 0.588. The number of thiocarbonyl (C=S) groups is 1. The van der Waals surface area contributed by atoms with Crippen LogP contribution >= 0.6 is 12.2 Å². The minimum absolute atomic E-state index is 0.0584. The van der Waals surface area contributed by atoms with E-state index in [2.05, 4.69) is 25.2 Å². The number of hydrogen-bond acceptors (Lipinski definition) is 4. The first-order valence-electron chi connectivity index (χ1n) is 8.17. The summed E-state index contributed by atoms with van der Waals surface area (Å²) in [6, 6.07) is 5.98. The molecule has 24 heavy (non-hydrogen) atoms. The van der Waals surface area contributed by atoms with Crippen LogP contribution in [0.15, 0.2) is 18.2 Å². The standard InChI is InChI=1S/C17H26N2O3S2/c1-13-6-4-7-16(14(13)2)18-17(23)19(9-5-10-22-3)15-8-11-24(20,21)12-15/h4,6-7,15H,5,8-12H2,1-3H3,(H,18,23)/t15-/m0/s1. The Hall–Kier alpha value is -1.18. The smallest absolute Gasteiger partial charge is 0.173 e. The summed E-state index contributed by atoms with van der Waals surface area (Å²) in [5.74, 6) is 0.416. The fourth-order valence-electron chi connectivity index (χ4n) is 2.92. The number of sulfone groups is 1. The molecule has 2 rings (SSSR count). The van der Waals surface area contributed by atoms with E-state index < -0.39 is 9.84 Å². The molecule has 7 heteroatoms. The lowest BCUT2D eigenvalue weighted by Gasteiger charge is -2.31. The van der Waals surface area contributed by atoms with E-state index in [1.165, 1.54) is 5.56 Å². The molecule has 0 aliphatic carbocycles. The van der Waals surface area contributed by atoms with Gasteiger partial charge in [0.1, 0.15) is 0 Å². The molecule has 1 N–H and O–H groups in total. The third-order valence-electron chi connectivity index (χ3n) is 4.50. The monoisotopic (exact) mass is 370 g/mol. The average Bonchev–Trinajstić information content (AvgIpc) is 2.88. The van der Waals surface area contributed by atoms with Crippen LogP contribution in [0.25, 0.3) is 0 Å². The zero-order chi connectivity index (χ0) is 17.7. The molecule has 1 saturated heterocycles. The van der Waals surface area contributed by atoms with Crippen molar-refractivity contribution in [2.24, 2.45) is 0 Å². The highest BCUT2D eigenvalue weighted by molar-refractivity contribution is 7.91. The van der Waals surface area contributed by atoms with E-state index >= 15 is 0 Å². The first-order valence-corrected chi connectivity index (χ1v) is 10.4. The van der Waals surface area contributed by atoms with Gasteiger partial charge in [0.15, 0.2) is 14.9 Å². The fourth-order valence-corrected chi connectivity index (χ4v) is 5.00. The number of aryl methyl sites for hydroxylation is 1. The van der Waals surface area contributed by atoms with E-state index in [4.69, 9.17) is 17.0 Å². The topological polar surface area (TPSA) is 58.6 Å². The molecule has 0 aromatic heterocycles. The summed E-state index contributed by atoms with van der Waals surface area (Å²) in [5, 5.41) is 3.89. The van der Waals surface area contributed by atoms with Crippen LogP contribution in [0.4, 0.5) is 5.69 Å². The molecular formula is C17H26N2O3S2. The Morgan fingerprint density at radius 1 is 1.42 bits per heavy atom. The first kappa shape index (κ1) is 19.1. The molecule has 0 unspecified atom stereocenters. The zero-order valence-corrected chi connectivity index (χ0v) is 16.2. The number of nitrogens with zero attached hydrogens (tertiary/aromatic N) is 1. The van der Waals surface area contributed by atoms with Crippen LogP contribution in [0.2, 0.25) is 0 Å². The Morgan fingerprint density at radius 2 is 2.17 bits per heavy atom. The van der Waals surface area contributed by atoms with Gasteiger partial charge in [-0.1, -0.05) is 12.1 Å². The summed E-state index contributed by atoms with van der Waals surface area (Å²) in [5.41, 5.74) is 3.31. The molecule has 0 radical (unpaired) electrons. The quantitative estimate of drug-likeness (QED) is 0.613. The van der Waals surface area contributed by atoms with Gasteiger partial charge in [0, 0.05) is 32.0 Å². The van der Waals surface area contributed by atoms with Crippen molar-refractivity contribution in [3.8, 4) is 0 Å². The molecule has 134 valence electrons. The van der Waals surface area contributed by atoms with Crippen molar-refractivity contribution >= 4 is 32.9 Å². The summed E-state index contributed by atoms with van der Waals surface area (Å²) in [7, 11) is -1.29. The summed E-state index contributed by atoms with van der Waals surface area (Å²) in [4.78, 5) is 2.01. The van der Waals surface area contributed by atoms with Crippen LogP contribution in [0.3, 0.4) is 0 Å². The zero-order valence-electron chi connectivity index (χ0n) is 14.5. The van der Waals surface area contributed by atoms with Crippen LogP contribution in [0, 0.1) is 13.8 Å². The molecule has 5 nitrogen and oxygen atoms in total. The number of rotatable bonds is 6. The van der Waals surface area contributed by atoms with Crippen molar-refractivity contribution in [3.63, 3.8) is 0 Å². The molecule has 1 aromatic carbocycles. The number of methoxy groups -OCH3 is 1. The summed E-state index contributed by atoms with van der Waals surface area (Å²) < 4.78 is 28.8. The van der Waals surface area contributed by atoms with E-state index in [1.807, 2.05) is 17.0 Å². The van der Waals surface area contributed by atoms with Crippen molar-refractivity contribution in [2.45, 2.75) is 32.7 Å². The molecule has 0 saturated carbocycles. The molecule has 0 bridgehead atoms. The molecule has 1 aliphatic heterocycles. The van der Waals surface area contributed by atoms with E-state index in [9.17, 15) is 8.42 Å². The van der Waals surface area contributed by atoms with Gasteiger partial charge in [-0.2, -0.15) is 0 Å². The largest absolute Gasteiger partial charge is 0.385 e. The number of anilines is 1. The molecule has 1 aliphatic rings. The Balaban J connectivity index is 2.13. The van der Waals surface area contributed by atoms with Crippen molar-refractivity contribution < 1.29 is 13.2 Å². The first-order chi connectivity index (χ1) is 11.3. The van der Waals surface area contributed by atoms with Crippen LogP contribution < -0.4 is 5.32 Å². The van der Waals surface area contributed by atoms with Gasteiger partial charge in [-0.15, -0.1) is 0 Å². The summed E-state index contributed by atoms with van der Waals surface area (Å²) >= 11 is 5.60. The second kappa shape index (κ2) is 8.27. The van der Waals surface area contributed by atoms with Crippen molar-refractivity contribution in [1.29, 1.82) is 0 Å². The van der Waals surface area contributed by atoms with Gasteiger partial charge < -0.3 is 15.0 Å². The van der Waals surface area contributed by atoms with Gasteiger partial charge in [-0.3, -0.25) is 0 Å². The Kier molecular flexibility index (Phi) is 6.60. The highest BCUT2D eigenvalue weighted by Gasteiger charge is 2.33. The van der Waals surface area contributed by atoms with Crippen LogP contribution in [0.5, 0.6) is 0 Å². The number of nitrogens with one attached hydrogen (secondary N) is 1. The molecule has 1 fully saturated rings. The van der Waals surface area contributed by atoms with E-state index in [-0.39, 0.29) is 17.5 Å². The second-order valence-corrected chi connectivity index (χ2v) is 8.89. The SMILES string of the molecule is COCCCN(C(=S)Nc1cccc(C)c1C)[C@H]1CCS(=O)(=O)C1. The van der Waals surface area contributed by atoms with Crippen molar-refractivity contribution in [2.75, 3.05) is 37.1 Å². The maximum atomic E-state index is 11.8. The van der Waals surface area contributed by atoms with Crippen LogP contribution in [-0.2, 0) is 14.6 Å². The van der Waals surface area contributed by atoms with E-state index in [0.717, 1.165) is 17.7 Å². The minimum Gasteiger partial charge on any atom is -0.385 e. The van der Waals surface area contributed by atoms with Gasteiger partial charge in [-0.25, -0.2) is 8.42 Å². The van der Waals surface area contributed by atoms with E-state index in [1.54, 1.807) is 7.11 Å². The lowest BCUT2D eigenvalue weighted by atomic mass is 10.1. The molecular weight excluding hydrogens is 344 g/mol. The predicted molar refractivity (Wildman–Crippen MR) is 102 cm³/mol. The summed E-state index contributed by atoms with van der Waals surface area (Å²) in [6.07, 6.45) is 1.44. The lowest BCUT2D eigenvalue weighted by molar-refractivity contribution is 0.181. The van der Waals surface area contributed by atoms with Crippen LogP contribution in [0.1, 0.15) is 24.0 Å². The summed E-state index contributed by atoms with van der Waals surface area (Å²) in [6.45, 7) is 5.42. The average molecular weight is 371 g/mol. The van der Waals surface area contributed by atoms with Gasteiger partial charge in [0.25, 0.3) is 0 Å². The Morgan fingerprint density at radius 3 is 2.79 bits per heavy atom. The van der Waals surface area contributed by atoms with E-state index in [0.29, 0.717) is 24.7 Å². The third-order valence-corrected chi connectivity index (χ3v) is 6.59. The molecule has 1 aromatic rings. The molecule has 0 amide bonds. The lowest BCUT2D eigenvalue weighted by Crippen LogP contribution is -2.44. The Labute approximate surface area is 150 Å². The predicted octanol–water partition coefficient (Wildman–Crippen LogP) is 2.53. The number of ether oxygens (including phenoxy) is 1. The van der Waals surface area contributed by atoms with Gasteiger partial charge >= 0.3 is 0 Å². The second-order valence-electron chi connectivity index (χ2n) is 6.27. The molecule has 0 spiro atoms. The highest BCUT2D eigenvalue weighted by atomic mass is 32.2. The molecule has 1 atom stereocenters. The van der Waals surface area contributed by atoms with Crippen molar-refractivity contribution in [3.05, 3.63) is 29.3 Å². The molecule has 1 heterocycles. The number of hydrogen-bond donors (Lipinski definition) is 1. The highest BCUT2D eigenvalue weighted by Crippen LogP contribution is 2.22. The number of benzene rings is 1. The van der Waals surface area contributed by atoms with Gasteiger partial charge in [-0.05, 0) is 56.1 Å². The van der Waals surface area contributed by atoms with Crippen molar-refractivity contribution in [1.82, 2.24) is 4.90 Å². The maximum Gasteiger partial charge on any atom is 0.173 e.